The number of aryl methyl sites for hydroxylation is 2. The fraction of sp³-hybridized carbons (Fsp3) is 0.263. The molecule has 144 valence electrons. The minimum atomic E-state index is -0.786. The van der Waals surface area contributed by atoms with Crippen molar-refractivity contribution in [2.24, 2.45) is 0 Å². The van der Waals surface area contributed by atoms with Crippen molar-refractivity contribution in [1.29, 1.82) is 0 Å². The molecule has 0 aliphatic carbocycles. The summed E-state index contributed by atoms with van der Waals surface area (Å²) in [5.41, 5.74) is 6.95. The number of nitrogens with one attached hydrogen (secondary N) is 2. The fourth-order valence-electron chi connectivity index (χ4n) is 2.41. The summed E-state index contributed by atoms with van der Waals surface area (Å²) in [4.78, 5) is 24.4. The van der Waals surface area contributed by atoms with Crippen molar-refractivity contribution in [1.82, 2.24) is 10.9 Å². The summed E-state index contributed by atoms with van der Waals surface area (Å²) in [5, 5.41) is 0. The quantitative estimate of drug-likeness (QED) is 0.608. The highest BCUT2D eigenvalue weighted by Gasteiger charge is 2.18. The van der Waals surface area contributed by atoms with Crippen LogP contribution in [0.2, 0.25) is 0 Å². The number of carbonyl (C=O) groups is 2. The lowest BCUT2D eigenvalue weighted by Crippen LogP contribution is -2.47. The van der Waals surface area contributed by atoms with Crippen LogP contribution in [0.3, 0.4) is 0 Å². The number of carbonyl (C=O) groups excluding carboxylic acids is 2. The number of halogens is 2. The van der Waals surface area contributed by atoms with E-state index in [-0.39, 0.29) is 0 Å². The normalized spacial score (nSPS) is 11.5. The van der Waals surface area contributed by atoms with Gasteiger partial charge >= 0.3 is 0 Å². The highest BCUT2D eigenvalue weighted by Crippen LogP contribution is 2.28. The highest BCUT2D eigenvalue weighted by molar-refractivity contribution is 9.10. The predicted molar refractivity (Wildman–Crippen MR) is 110 cm³/mol. The number of amides is 2. The second kappa shape index (κ2) is 9.23. The lowest BCUT2D eigenvalue weighted by atomic mass is 10.1. The number of benzene rings is 2. The Kier molecular flexibility index (Phi) is 7.26. The van der Waals surface area contributed by atoms with E-state index in [0.29, 0.717) is 21.5 Å². The van der Waals surface area contributed by atoms with E-state index in [9.17, 15) is 9.59 Å². The largest absolute Gasteiger partial charge is 0.496 e. The Balaban J connectivity index is 1.97. The van der Waals surface area contributed by atoms with Crippen LogP contribution in [0.1, 0.15) is 28.4 Å². The summed E-state index contributed by atoms with van der Waals surface area (Å²) in [6, 6.07) is 8.69. The first-order chi connectivity index (χ1) is 12.7. The van der Waals surface area contributed by atoms with Crippen molar-refractivity contribution in [3.63, 3.8) is 0 Å². The van der Waals surface area contributed by atoms with Gasteiger partial charge in [-0.05, 0) is 78.2 Å². The molecular weight excluding hydrogens is 480 g/mol. The Morgan fingerprint density at radius 1 is 1.04 bits per heavy atom. The third-order valence-corrected chi connectivity index (χ3v) is 4.88. The van der Waals surface area contributed by atoms with Gasteiger partial charge in [0.15, 0.2) is 6.10 Å². The number of methoxy groups -OCH3 is 1. The van der Waals surface area contributed by atoms with Crippen LogP contribution in [-0.4, -0.2) is 25.0 Å². The SMILES string of the molecule is COc1ccc(C(=O)NNC(=O)C(C)Oc2c(C)cc(Br)cc2C)cc1Br. The van der Waals surface area contributed by atoms with Gasteiger partial charge in [-0.1, -0.05) is 15.9 Å². The molecule has 0 fully saturated rings. The van der Waals surface area contributed by atoms with Crippen LogP contribution in [0.25, 0.3) is 0 Å². The number of ether oxygens (including phenoxy) is 2. The van der Waals surface area contributed by atoms with Crippen LogP contribution in [0.5, 0.6) is 11.5 Å². The molecule has 2 aromatic rings. The number of hydrazine groups is 1. The molecule has 0 bridgehead atoms. The molecule has 0 aliphatic heterocycles. The highest BCUT2D eigenvalue weighted by atomic mass is 79.9. The molecule has 2 rings (SSSR count). The summed E-state index contributed by atoms with van der Waals surface area (Å²) in [6.07, 6.45) is -0.786. The Labute approximate surface area is 174 Å². The zero-order valence-electron chi connectivity index (χ0n) is 15.4. The molecule has 6 nitrogen and oxygen atoms in total. The molecular formula is C19H20Br2N2O4. The van der Waals surface area contributed by atoms with Gasteiger partial charge in [0.25, 0.3) is 11.8 Å². The number of hydrogen-bond donors (Lipinski definition) is 2. The summed E-state index contributed by atoms with van der Waals surface area (Å²) in [5.74, 6) is 0.344. The number of hydrogen-bond acceptors (Lipinski definition) is 4. The van der Waals surface area contributed by atoms with Crippen molar-refractivity contribution >= 4 is 43.7 Å². The van der Waals surface area contributed by atoms with E-state index in [1.807, 2.05) is 26.0 Å². The molecule has 1 atom stereocenters. The monoisotopic (exact) mass is 498 g/mol. The van der Waals surface area contributed by atoms with Crippen LogP contribution in [0.15, 0.2) is 39.3 Å². The molecule has 0 saturated carbocycles. The summed E-state index contributed by atoms with van der Waals surface area (Å²) >= 11 is 6.74. The first-order valence-electron chi connectivity index (χ1n) is 8.10. The van der Waals surface area contributed by atoms with Crippen LogP contribution in [0.4, 0.5) is 0 Å². The van der Waals surface area contributed by atoms with Crippen molar-refractivity contribution in [2.75, 3.05) is 7.11 Å². The second-order valence-electron chi connectivity index (χ2n) is 5.92. The van der Waals surface area contributed by atoms with Crippen LogP contribution < -0.4 is 20.3 Å². The molecule has 1 unspecified atom stereocenters. The summed E-state index contributed by atoms with van der Waals surface area (Å²) < 4.78 is 12.5. The van der Waals surface area contributed by atoms with Gasteiger partial charge < -0.3 is 9.47 Å². The molecule has 2 N–H and O–H groups in total. The van der Waals surface area contributed by atoms with E-state index in [1.54, 1.807) is 25.1 Å². The van der Waals surface area contributed by atoms with Crippen LogP contribution >= 0.6 is 31.9 Å². The zero-order valence-corrected chi connectivity index (χ0v) is 18.5. The summed E-state index contributed by atoms with van der Waals surface area (Å²) in [7, 11) is 1.54. The molecule has 8 heteroatoms. The molecule has 27 heavy (non-hydrogen) atoms. The van der Waals surface area contributed by atoms with Gasteiger partial charge in [0.05, 0.1) is 11.6 Å². The Morgan fingerprint density at radius 3 is 2.22 bits per heavy atom. The molecule has 0 heterocycles. The van der Waals surface area contributed by atoms with Gasteiger partial charge in [0.2, 0.25) is 0 Å². The Bertz CT molecular complexity index is 848. The van der Waals surface area contributed by atoms with E-state index in [0.717, 1.165) is 15.6 Å². The minimum absolute atomic E-state index is 0.371. The standard InChI is InChI=1S/C19H20Br2N2O4/c1-10-7-14(20)8-11(2)17(10)27-12(3)18(24)22-23-19(25)13-5-6-16(26-4)15(21)9-13/h5-9,12H,1-4H3,(H,22,24)(H,23,25). The Morgan fingerprint density at radius 2 is 1.67 bits per heavy atom. The molecule has 2 aromatic carbocycles. The fourth-order valence-corrected chi connectivity index (χ4v) is 3.64. The Hall–Kier alpha value is -2.06. The van der Waals surface area contributed by atoms with Crippen molar-refractivity contribution in [2.45, 2.75) is 26.9 Å². The zero-order chi connectivity index (χ0) is 20.1. The molecule has 0 spiro atoms. The van der Waals surface area contributed by atoms with Crippen molar-refractivity contribution in [3.8, 4) is 11.5 Å². The lowest BCUT2D eigenvalue weighted by molar-refractivity contribution is -0.128. The van der Waals surface area contributed by atoms with Crippen molar-refractivity contribution < 1.29 is 19.1 Å². The maximum atomic E-state index is 12.3. The van der Waals surface area contributed by atoms with Gasteiger partial charge in [-0.15, -0.1) is 0 Å². The third-order valence-electron chi connectivity index (χ3n) is 3.80. The average Bonchev–Trinajstić information content (AvgIpc) is 2.61. The smallest absolute Gasteiger partial charge is 0.279 e. The molecule has 2 amide bonds. The van der Waals surface area contributed by atoms with E-state index in [4.69, 9.17) is 9.47 Å². The van der Waals surface area contributed by atoms with Crippen LogP contribution in [-0.2, 0) is 4.79 Å². The van der Waals surface area contributed by atoms with Gasteiger partial charge in [-0.25, -0.2) is 0 Å². The second-order valence-corrected chi connectivity index (χ2v) is 7.69. The topological polar surface area (TPSA) is 76.7 Å². The van der Waals surface area contributed by atoms with Gasteiger partial charge in [0.1, 0.15) is 11.5 Å². The predicted octanol–water partition coefficient (Wildman–Crippen LogP) is 4.07. The van der Waals surface area contributed by atoms with Gasteiger partial charge in [-0.3, -0.25) is 20.4 Å². The van der Waals surface area contributed by atoms with E-state index in [1.165, 1.54) is 7.11 Å². The third kappa shape index (κ3) is 5.46. The first kappa shape index (κ1) is 21.2. The molecule has 0 saturated heterocycles. The van der Waals surface area contributed by atoms with E-state index in [2.05, 4.69) is 42.7 Å². The minimum Gasteiger partial charge on any atom is -0.496 e. The average molecular weight is 500 g/mol. The van der Waals surface area contributed by atoms with E-state index >= 15 is 0 Å². The van der Waals surface area contributed by atoms with Gasteiger partial charge in [0, 0.05) is 10.0 Å². The molecule has 0 aliphatic rings. The molecule has 0 aromatic heterocycles. The van der Waals surface area contributed by atoms with Gasteiger partial charge in [-0.2, -0.15) is 0 Å². The maximum Gasteiger partial charge on any atom is 0.279 e. The van der Waals surface area contributed by atoms with Crippen molar-refractivity contribution in [3.05, 3.63) is 56.0 Å². The first-order valence-corrected chi connectivity index (χ1v) is 9.68. The van der Waals surface area contributed by atoms with Crippen LogP contribution in [0, 0.1) is 13.8 Å². The number of rotatable bonds is 5. The molecule has 0 radical (unpaired) electrons. The lowest BCUT2D eigenvalue weighted by Gasteiger charge is -2.18. The van der Waals surface area contributed by atoms with E-state index < -0.39 is 17.9 Å². The maximum absolute atomic E-state index is 12.3. The summed E-state index contributed by atoms with van der Waals surface area (Å²) in [6.45, 7) is 5.43.